The van der Waals surface area contributed by atoms with E-state index in [1.54, 1.807) is 6.07 Å². The highest BCUT2D eigenvalue weighted by atomic mass is 16.5. The molecule has 31 heavy (non-hydrogen) atoms. The number of morpholine rings is 1. The van der Waals surface area contributed by atoms with E-state index in [0.29, 0.717) is 12.4 Å². The average Bonchev–Trinajstić information content (AvgIpc) is 2.76. The number of para-hydroxylation sites is 1. The van der Waals surface area contributed by atoms with Crippen molar-refractivity contribution in [2.24, 2.45) is 0 Å². The van der Waals surface area contributed by atoms with Crippen molar-refractivity contribution in [2.45, 2.75) is 44.8 Å². The maximum atomic E-state index is 12.7. The summed E-state index contributed by atoms with van der Waals surface area (Å²) < 4.78 is 6.27. The summed E-state index contributed by atoms with van der Waals surface area (Å²) in [5.74, 6) is 0.512. The molecule has 2 amide bonds. The maximum Gasteiger partial charge on any atom is 0.255 e. The first-order valence-electron chi connectivity index (χ1n) is 10.9. The molecule has 0 aliphatic carbocycles. The topological polar surface area (TPSA) is 74.8 Å². The number of anilines is 2. The standard InChI is InChI=1S/C24H30N4O3/c1-18-23(30)28(21-8-4-3-5-9-21)17-24(31-18)12-15-27(16-13-24)14-11-20-7-6-10-22(26-20)25-19(2)29/h3-10,18H,11-17H2,1-2H3,(H,25,26,29). The van der Waals surface area contributed by atoms with Crippen molar-refractivity contribution >= 4 is 23.3 Å². The van der Waals surface area contributed by atoms with Crippen LogP contribution in [0.15, 0.2) is 48.5 Å². The summed E-state index contributed by atoms with van der Waals surface area (Å²) in [6.45, 7) is 6.71. The molecule has 2 aromatic rings. The number of carbonyl (C=O) groups is 2. The van der Waals surface area contributed by atoms with Gasteiger partial charge in [-0.3, -0.25) is 9.59 Å². The van der Waals surface area contributed by atoms with E-state index in [2.05, 4.69) is 15.2 Å². The molecule has 7 nitrogen and oxygen atoms in total. The Bertz CT molecular complexity index is 925. The number of nitrogens with one attached hydrogen (secondary N) is 1. The van der Waals surface area contributed by atoms with Gasteiger partial charge in [-0.2, -0.15) is 0 Å². The van der Waals surface area contributed by atoms with E-state index in [1.165, 1.54) is 6.92 Å². The van der Waals surface area contributed by atoms with Crippen LogP contribution < -0.4 is 10.2 Å². The van der Waals surface area contributed by atoms with Crippen LogP contribution in [0, 0.1) is 0 Å². The quantitative estimate of drug-likeness (QED) is 0.802. The number of rotatable bonds is 5. The summed E-state index contributed by atoms with van der Waals surface area (Å²) in [4.78, 5) is 32.8. The van der Waals surface area contributed by atoms with E-state index in [4.69, 9.17) is 4.74 Å². The normalized spacial score (nSPS) is 21.3. The Hall–Kier alpha value is -2.77. The average molecular weight is 423 g/mol. The molecule has 2 saturated heterocycles. The van der Waals surface area contributed by atoms with Crippen LogP contribution in [0.3, 0.4) is 0 Å². The highest BCUT2D eigenvalue weighted by molar-refractivity contribution is 5.97. The van der Waals surface area contributed by atoms with Crippen molar-refractivity contribution in [1.29, 1.82) is 0 Å². The lowest BCUT2D eigenvalue weighted by Gasteiger charge is -2.49. The fourth-order valence-electron chi connectivity index (χ4n) is 4.48. The molecule has 3 heterocycles. The fraction of sp³-hybridized carbons (Fsp3) is 0.458. The van der Waals surface area contributed by atoms with Crippen LogP contribution in [0.25, 0.3) is 0 Å². The van der Waals surface area contributed by atoms with Crippen molar-refractivity contribution in [3.05, 3.63) is 54.2 Å². The molecule has 2 fully saturated rings. The zero-order valence-corrected chi connectivity index (χ0v) is 18.2. The Morgan fingerprint density at radius 3 is 2.61 bits per heavy atom. The van der Waals surface area contributed by atoms with Gasteiger partial charge in [-0.05, 0) is 44.0 Å². The monoisotopic (exact) mass is 422 g/mol. The van der Waals surface area contributed by atoms with Crippen molar-refractivity contribution in [3.63, 3.8) is 0 Å². The SMILES string of the molecule is CC(=O)Nc1cccc(CCN2CCC3(CC2)CN(c2ccccc2)C(=O)C(C)O3)n1. The van der Waals surface area contributed by atoms with Crippen LogP contribution in [0.5, 0.6) is 0 Å². The molecule has 1 aromatic carbocycles. The summed E-state index contributed by atoms with van der Waals surface area (Å²) in [5, 5.41) is 2.73. The first kappa shape index (κ1) is 21.5. The minimum absolute atomic E-state index is 0.0318. The molecule has 4 rings (SSSR count). The van der Waals surface area contributed by atoms with Crippen molar-refractivity contribution < 1.29 is 14.3 Å². The lowest BCUT2D eigenvalue weighted by atomic mass is 9.88. The summed E-state index contributed by atoms with van der Waals surface area (Å²) in [6.07, 6.45) is 2.19. The number of pyridine rings is 1. The maximum absolute atomic E-state index is 12.7. The van der Waals surface area contributed by atoms with E-state index in [-0.39, 0.29) is 17.4 Å². The van der Waals surface area contributed by atoms with Crippen LogP contribution in [0.1, 0.15) is 32.4 Å². The molecule has 164 valence electrons. The van der Waals surface area contributed by atoms with Crippen LogP contribution >= 0.6 is 0 Å². The molecular formula is C24H30N4O3. The Kier molecular flexibility index (Phi) is 6.34. The number of aromatic nitrogens is 1. The molecule has 1 unspecified atom stereocenters. The van der Waals surface area contributed by atoms with Crippen LogP contribution in [-0.4, -0.2) is 59.6 Å². The smallest absolute Gasteiger partial charge is 0.255 e. The minimum Gasteiger partial charge on any atom is -0.360 e. The number of nitrogens with zero attached hydrogens (tertiary/aromatic N) is 3. The number of carbonyl (C=O) groups excluding carboxylic acids is 2. The third-order valence-electron chi connectivity index (χ3n) is 6.12. The molecule has 1 spiro atoms. The highest BCUT2D eigenvalue weighted by Gasteiger charge is 2.45. The van der Waals surface area contributed by atoms with Gasteiger partial charge in [-0.15, -0.1) is 0 Å². The summed E-state index contributed by atoms with van der Waals surface area (Å²) >= 11 is 0. The summed E-state index contributed by atoms with van der Waals surface area (Å²) in [5.41, 5.74) is 1.62. The molecular weight excluding hydrogens is 392 g/mol. The summed E-state index contributed by atoms with van der Waals surface area (Å²) in [6, 6.07) is 15.6. The van der Waals surface area contributed by atoms with E-state index < -0.39 is 6.10 Å². The van der Waals surface area contributed by atoms with Gasteiger partial charge in [0.25, 0.3) is 5.91 Å². The van der Waals surface area contributed by atoms with Gasteiger partial charge in [-0.25, -0.2) is 4.98 Å². The van der Waals surface area contributed by atoms with Crippen molar-refractivity contribution in [1.82, 2.24) is 9.88 Å². The Morgan fingerprint density at radius 2 is 1.90 bits per heavy atom. The number of piperidine rings is 1. The third-order valence-corrected chi connectivity index (χ3v) is 6.12. The largest absolute Gasteiger partial charge is 0.360 e. The van der Waals surface area contributed by atoms with E-state index >= 15 is 0 Å². The van der Waals surface area contributed by atoms with Gasteiger partial charge in [-0.1, -0.05) is 24.3 Å². The number of benzene rings is 1. The second-order valence-corrected chi connectivity index (χ2v) is 8.49. The second kappa shape index (κ2) is 9.16. The van der Waals surface area contributed by atoms with E-state index in [9.17, 15) is 9.59 Å². The molecule has 0 saturated carbocycles. The molecule has 7 heteroatoms. The van der Waals surface area contributed by atoms with Gasteiger partial charge >= 0.3 is 0 Å². The van der Waals surface area contributed by atoms with E-state index in [1.807, 2.05) is 54.3 Å². The van der Waals surface area contributed by atoms with Crippen LogP contribution in [0.4, 0.5) is 11.5 Å². The second-order valence-electron chi connectivity index (χ2n) is 8.49. The molecule has 2 aliphatic rings. The number of hydrogen-bond acceptors (Lipinski definition) is 5. The number of amides is 2. The molecule has 0 bridgehead atoms. The van der Waals surface area contributed by atoms with Gasteiger partial charge in [0.2, 0.25) is 5.91 Å². The van der Waals surface area contributed by atoms with Gasteiger partial charge in [0.05, 0.1) is 12.1 Å². The van der Waals surface area contributed by atoms with E-state index in [0.717, 1.165) is 50.3 Å². The predicted octanol–water partition coefficient (Wildman–Crippen LogP) is 2.87. The Labute approximate surface area is 183 Å². The number of likely N-dealkylation sites (tertiary alicyclic amines) is 1. The first-order chi connectivity index (χ1) is 14.9. The summed E-state index contributed by atoms with van der Waals surface area (Å²) in [7, 11) is 0. The van der Waals surface area contributed by atoms with Gasteiger partial charge in [0.1, 0.15) is 11.9 Å². The zero-order chi connectivity index (χ0) is 21.8. The zero-order valence-electron chi connectivity index (χ0n) is 18.2. The van der Waals surface area contributed by atoms with Crippen LogP contribution in [0.2, 0.25) is 0 Å². The first-order valence-corrected chi connectivity index (χ1v) is 10.9. The Balaban J connectivity index is 1.34. The minimum atomic E-state index is -0.429. The van der Waals surface area contributed by atoms with Crippen molar-refractivity contribution in [2.75, 3.05) is 36.4 Å². The molecule has 1 aromatic heterocycles. The predicted molar refractivity (Wildman–Crippen MR) is 120 cm³/mol. The molecule has 2 aliphatic heterocycles. The van der Waals surface area contributed by atoms with Gasteiger partial charge in [0.15, 0.2) is 0 Å². The van der Waals surface area contributed by atoms with Gasteiger partial charge < -0.3 is 19.9 Å². The Morgan fingerprint density at radius 1 is 1.16 bits per heavy atom. The highest BCUT2D eigenvalue weighted by Crippen LogP contribution is 2.35. The van der Waals surface area contributed by atoms with Crippen molar-refractivity contribution in [3.8, 4) is 0 Å². The number of hydrogen-bond donors (Lipinski definition) is 1. The van der Waals surface area contributed by atoms with Crippen LogP contribution in [-0.2, 0) is 20.7 Å². The lowest BCUT2D eigenvalue weighted by molar-refractivity contribution is -0.161. The molecule has 1 N–H and O–H groups in total. The third kappa shape index (κ3) is 5.11. The lowest BCUT2D eigenvalue weighted by Crippen LogP contribution is -2.61. The number of ether oxygens (including phenoxy) is 1. The van der Waals surface area contributed by atoms with Gasteiger partial charge in [0, 0.05) is 44.4 Å². The molecule has 0 radical (unpaired) electrons. The molecule has 1 atom stereocenters. The fourth-order valence-corrected chi connectivity index (χ4v) is 4.48.